The fourth-order valence-corrected chi connectivity index (χ4v) is 0.986. The van der Waals surface area contributed by atoms with Crippen LogP contribution in [0.5, 0.6) is 0 Å². The van der Waals surface area contributed by atoms with Gasteiger partial charge < -0.3 is 5.73 Å². The van der Waals surface area contributed by atoms with E-state index < -0.39 is 0 Å². The molecule has 0 radical (unpaired) electrons. The average molecular weight is 173 g/mol. The summed E-state index contributed by atoms with van der Waals surface area (Å²) in [6, 6.07) is 10.3. The highest BCUT2D eigenvalue weighted by Crippen LogP contribution is 1.96. The third-order valence-corrected chi connectivity index (χ3v) is 1.73. The Morgan fingerprint density at radius 3 is 2.62 bits per heavy atom. The summed E-state index contributed by atoms with van der Waals surface area (Å²) in [6.07, 6.45) is 1.85. The summed E-state index contributed by atoms with van der Waals surface area (Å²) in [7, 11) is 0. The van der Waals surface area contributed by atoms with Gasteiger partial charge in [-0.25, -0.2) is 0 Å². The van der Waals surface area contributed by atoms with E-state index in [9.17, 15) is 0 Å². The summed E-state index contributed by atoms with van der Waals surface area (Å²) in [4.78, 5) is 0. The molecule has 1 rings (SSSR count). The van der Waals surface area contributed by atoms with Gasteiger partial charge in [-0.05, 0) is 25.5 Å². The molecule has 1 aromatic rings. The molecule has 13 heavy (non-hydrogen) atoms. The van der Waals surface area contributed by atoms with Crippen LogP contribution in [0.1, 0.15) is 25.3 Å². The molecule has 68 valence electrons. The highest BCUT2D eigenvalue weighted by molar-refractivity contribution is 5.33. The fraction of sp³-hybridized carbons (Fsp3) is 0.333. The van der Waals surface area contributed by atoms with E-state index in [2.05, 4.69) is 11.8 Å². The number of rotatable bonds is 2. The second-order valence-corrected chi connectivity index (χ2v) is 3.18. The van der Waals surface area contributed by atoms with Crippen LogP contribution in [-0.4, -0.2) is 6.04 Å². The topological polar surface area (TPSA) is 26.0 Å². The maximum atomic E-state index is 5.60. The Morgan fingerprint density at radius 1 is 1.31 bits per heavy atom. The monoisotopic (exact) mass is 173 g/mol. The molecule has 1 heteroatoms. The molecule has 0 aliphatic rings. The Balaban J connectivity index is 2.40. The molecule has 2 N–H and O–H groups in total. The lowest BCUT2D eigenvalue weighted by Crippen LogP contribution is -2.13. The molecule has 0 aliphatic heterocycles. The largest absolute Gasteiger partial charge is 0.328 e. The van der Waals surface area contributed by atoms with Gasteiger partial charge in [0.15, 0.2) is 0 Å². The summed E-state index contributed by atoms with van der Waals surface area (Å²) in [5, 5.41) is 0. The van der Waals surface area contributed by atoms with E-state index in [1.165, 1.54) is 0 Å². The smallest absolute Gasteiger partial charge is 0.0245 e. The Morgan fingerprint density at radius 2 is 2.00 bits per heavy atom. The number of hydrogen-bond donors (Lipinski definition) is 1. The molecule has 0 spiro atoms. The van der Waals surface area contributed by atoms with Crippen molar-refractivity contribution in [3.63, 3.8) is 0 Å². The summed E-state index contributed by atoms with van der Waals surface area (Å²) < 4.78 is 0. The van der Waals surface area contributed by atoms with Gasteiger partial charge in [-0.15, -0.1) is 0 Å². The summed E-state index contributed by atoms with van der Waals surface area (Å²) in [6.45, 7) is 2.00. The molecule has 0 bridgehead atoms. The fourth-order valence-electron chi connectivity index (χ4n) is 0.986. The van der Waals surface area contributed by atoms with Crippen LogP contribution in [0.3, 0.4) is 0 Å². The first-order valence-corrected chi connectivity index (χ1v) is 4.58. The standard InChI is InChI=1S/C12H15N/c1-11(13)7-5-6-10-12-8-3-2-4-9-12/h2-4,8-9,11H,5,7,13H2,1H3/t11-/m0/s1. The zero-order valence-electron chi connectivity index (χ0n) is 7.96. The molecule has 0 fully saturated rings. The highest BCUT2D eigenvalue weighted by Gasteiger charge is 1.89. The lowest BCUT2D eigenvalue weighted by Gasteiger charge is -1.97. The SMILES string of the molecule is C[C@H](N)CCC#Cc1ccccc1. The van der Waals surface area contributed by atoms with Gasteiger partial charge in [0.05, 0.1) is 0 Å². The van der Waals surface area contributed by atoms with Crippen LogP contribution in [0.15, 0.2) is 30.3 Å². The average Bonchev–Trinajstić information content (AvgIpc) is 2.14. The lowest BCUT2D eigenvalue weighted by atomic mass is 10.2. The molecule has 0 aromatic heterocycles. The molecule has 0 aliphatic carbocycles. The molecule has 0 saturated heterocycles. The maximum absolute atomic E-state index is 5.60. The van der Waals surface area contributed by atoms with Crippen LogP contribution in [0.2, 0.25) is 0 Å². The Hall–Kier alpha value is -1.26. The zero-order valence-corrected chi connectivity index (χ0v) is 7.96. The van der Waals surface area contributed by atoms with E-state index in [-0.39, 0.29) is 6.04 Å². The first-order valence-electron chi connectivity index (χ1n) is 4.58. The lowest BCUT2D eigenvalue weighted by molar-refractivity contribution is 0.683. The van der Waals surface area contributed by atoms with E-state index in [0.29, 0.717) is 0 Å². The van der Waals surface area contributed by atoms with Gasteiger partial charge in [0.2, 0.25) is 0 Å². The molecule has 0 unspecified atom stereocenters. The van der Waals surface area contributed by atoms with Crippen molar-refractivity contribution in [2.45, 2.75) is 25.8 Å². The van der Waals surface area contributed by atoms with E-state index in [0.717, 1.165) is 18.4 Å². The van der Waals surface area contributed by atoms with Crippen LogP contribution >= 0.6 is 0 Å². The second-order valence-electron chi connectivity index (χ2n) is 3.18. The van der Waals surface area contributed by atoms with Crippen LogP contribution in [0, 0.1) is 11.8 Å². The van der Waals surface area contributed by atoms with Crippen molar-refractivity contribution in [1.29, 1.82) is 0 Å². The number of hydrogen-bond acceptors (Lipinski definition) is 1. The van der Waals surface area contributed by atoms with Crippen LogP contribution in [-0.2, 0) is 0 Å². The summed E-state index contributed by atoms with van der Waals surface area (Å²) in [5.41, 5.74) is 6.68. The van der Waals surface area contributed by atoms with Gasteiger partial charge in [0, 0.05) is 18.0 Å². The molecule has 0 saturated carbocycles. The molecule has 1 aromatic carbocycles. The van der Waals surface area contributed by atoms with Crippen molar-refractivity contribution in [3.8, 4) is 11.8 Å². The van der Waals surface area contributed by atoms with E-state index in [4.69, 9.17) is 5.73 Å². The van der Waals surface area contributed by atoms with Crippen LogP contribution in [0.25, 0.3) is 0 Å². The minimum atomic E-state index is 0.255. The third kappa shape index (κ3) is 4.35. The first kappa shape index (κ1) is 9.83. The molecular weight excluding hydrogens is 158 g/mol. The van der Waals surface area contributed by atoms with Crippen molar-refractivity contribution in [2.24, 2.45) is 5.73 Å². The molecular formula is C12H15N. The molecule has 1 nitrogen and oxygen atoms in total. The molecule has 0 amide bonds. The zero-order chi connectivity index (χ0) is 9.52. The van der Waals surface area contributed by atoms with Gasteiger partial charge in [-0.2, -0.15) is 0 Å². The first-order chi connectivity index (χ1) is 6.29. The molecule has 1 atom stereocenters. The van der Waals surface area contributed by atoms with Crippen LogP contribution < -0.4 is 5.73 Å². The van der Waals surface area contributed by atoms with Gasteiger partial charge >= 0.3 is 0 Å². The predicted molar refractivity (Wildman–Crippen MR) is 56.2 cm³/mol. The summed E-state index contributed by atoms with van der Waals surface area (Å²) in [5.74, 6) is 6.20. The Bertz CT molecular complexity index is 290. The van der Waals surface area contributed by atoms with Crippen molar-refractivity contribution >= 4 is 0 Å². The summed E-state index contributed by atoms with van der Waals surface area (Å²) >= 11 is 0. The minimum absolute atomic E-state index is 0.255. The Labute approximate surface area is 80.0 Å². The Kier molecular flexibility index (Phi) is 4.08. The maximum Gasteiger partial charge on any atom is 0.0245 e. The van der Waals surface area contributed by atoms with Crippen molar-refractivity contribution in [1.82, 2.24) is 0 Å². The number of benzene rings is 1. The van der Waals surface area contributed by atoms with Gasteiger partial charge in [-0.3, -0.25) is 0 Å². The molecule has 0 heterocycles. The van der Waals surface area contributed by atoms with Crippen molar-refractivity contribution in [2.75, 3.05) is 0 Å². The third-order valence-electron chi connectivity index (χ3n) is 1.73. The normalized spacial score (nSPS) is 11.5. The quantitative estimate of drug-likeness (QED) is 0.681. The van der Waals surface area contributed by atoms with E-state index in [1.54, 1.807) is 0 Å². The van der Waals surface area contributed by atoms with Crippen molar-refractivity contribution in [3.05, 3.63) is 35.9 Å². The van der Waals surface area contributed by atoms with Crippen LogP contribution in [0.4, 0.5) is 0 Å². The van der Waals surface area contributed by atoms with Gasteiger partial charge in [0.25, 0.3) is 0 Å². The van der Waals surface area contributed by atoms with Gasteiger partial charge in [0.1, 0.15) is 0 Å². The van der Waals surface area contributed by atoms with E-state index in [1.807, 2.05) is 37.3 Å². The van der Waals surface area contributed by atoms with Crippen molar-refractivity contribution < 1.29 is 0 Å². The number of nitrogens with two attached hydrogens (primary N) is 1. The second kappa shape index (κ2) is 5.40. The minimum Gasteiger partial charge on any atom is -0.328 e. The highest BCUT2D eigenvalue weighted by atomic mass is 14.6. The predicted octanol–water partition coefficient (Wildman–Crippen LogP) is 2.17. The van der Waals surface area contributed by atoms with Gasteiger partial charge in [-0.1, -0.05) is 30.0 Å². The van der Waals surface area contributed by atoms with E-state index >= 15 is 0 Å².